The molecule has 1 aromatic carbocycles. The third-order valence-corrected chi connectivity index (χ3v) is 3.53. The Kier molecular flexibility index (Phi) is 4.07. The number of anilines is 1. The Labute approximate surface area is 109 Å². The van der Waals surface area contributed by atoms with E-state index in [1.807, 2.05) is 18.2 Å². The molecule has 0 radical (unpaired) electrons. The summed E-state index contributed by atoms with van der Waals surface area (Å²) in [5.41, 5.74) is 11.3. The second kappa shape index (κ2) is 5.76. The van der Waals surface area contributed by atoms with Gasteiger partial charge in [-0.05, 0) is 44.7 Å². The maximum atomic E-state index is 6.05. The summed E-state index contributed by atoms with van der Waals surface area (Å²) in [4.78, 5) is 2.18. The molecular weight excluding hydrogens is 224 g/mol. The number of piperidine rings is 1. The first-order valence-corrected chi connectivity index (χ1v) is 6.60. The van der Waals surface area contributed by atoms with Crippen molar-refractivity contribution in [2.45, 2.75) is 39.2 Å². The number of para-hydroxylation sites is 1. The van der Waals surface area contributed by atoms with Crippen molar-refractivity contribution in [3.63, 3.8) is 0 Å². The first-order chi connectivity index (χ1) is 8.68. The molecule has 0 amide bonds. The molecule has 1 atom stereocenters. The lowest BCUT2D eigenvalue weighted by molar-refractivity contribution is 0.255. The topological polar surface area (TPSA) is 53.6 Å². The van der Waals surface area contributed by atoms with Crippen molar-refractivity contribution >= 4 is 11.6 Å². The maximum Gasteiger partial charge on any atom is 0.214 e. The van der Waals surface area contributed by atoms with Gasteiger partial charge in [0.05, 0.1) is 5.69 Å². The molecule has 18 heavy (non-hydrogen) atoms. The van der Waals surface area contributed by atoms with Crippen LogP contribution in [0.5, 0.6) is 0 Å². The van der Waals surface area contributed by atoms with Gasteiger partial charge in [0, 0.05) is 12.6 Å². The normalized spacial score (nSPS) is 20.9. The van der Waals surface area contributed by atoms with Gasteiger partial charge in [0.1, 0.15) is 0 Å². The van der Waals surface area contributed by atoms with E-state index in [0.717, 1.165) is 12.2 Å². The summed E-state index contributed by atoms with van der Waals surface area (Å²) in [7, 11) is 0. The minimum Gasteiger partial charge on any atom is -0.368 e. The summed E-state index contributed by atoms with van der Waals surface area (Å²) in [6.07, 6.45) is 3.68. The lowest BCUT2D eigenvalue weighted by atomic mass is 10.0. The van der Waals surface area contributed by atoms with E-state index in [-0.39, 0.29) is 0 Å². The molecule has 1 fully saturated rings. The molecule has 3 N–H and O–H groups in total. The summed E-state index contributed by atoms with van der Waals surface area (Å²) in [6, 6.07) is 8.55. The van der Waals surface area contributed by atoms with Crippen LogP contribution in [0.3, 0.4) is 0 Å². The Morgan fingerprint density at radius 2 is 2.17 bits per heavy atom. The van der Waals surface area contributed by atoms with Crippen molar-refractivity contribution < 1.29 is 0 Å². The summed E-state index contributed by atoms with van der Waals surface area (Å²) in [6.45, 7) is 5.26. The monoisotopic (exact) mass is 246 g/mol. The zero-order valence-corrected chi connectivity index (χ0v) is 11.2. The van der Waals surface area contributed by atoms with E-state index in [2.05, 4.69) is 35.3 Å². The van der Waals surface area contributed by atoms with Gasteiger partial charge in [-0.1, -0.05) is 18.2 Å². The number of hydrogen-bond donors (Lipinski definition) is 2. The van der Waals surface area contributed by atoms with Gasteiger partial charge in [0.25, 0.3) is 0 Å². The van der Waals surface area contributed by atoms with Gasteiger partial charge >= 0.3 is 0 Å². The van der Waals surface area contributed by atoms with Crippen molar-refractivity contribution in [2.75, 3.05) is 12.0 Å². The van der Waals surface area contributed by atoms with E-state index in [9.17, 15) is 0 Å². The average molecular weight is 246 g/mol. The van der Waals surface area contributed by atoms with Crippen molar-refractivity contribution in [1.82, 2.24) is 4.90 Å². The van der Waals surface area contributed by atoms with Gasteiger partial charge in [0.2, 0.25) is 5.96 Å². The highest BCUT2D eigenvalue weighted by atomic mass is 15.4. The van der Waals surface area contributed by atoms with Gasteiger partial charge in [0.15, 0.2) is 0 Å². The Hall–Kier alpha value is -1.71. The lowest BCUT2D eigenvalue weighted by Gasteiger charge is -2.34. The van der Waals surface area contributed by atoms with Gasteiger partial charge in [-0.3, -0.25) is 5.43 Å². The average Bonchev–Trinajstić information content (AvgIpc) is 2.38. The van der Waals surface area contributed by atoms with Crippen molar-refractivity contribution in [3.05, 3.63) is 29.8 Å². The summed E-state index contributed by atoms with van der Waals surface area (Å²) >= 11 is 0. The standard InChI is InChI=1S/C14H22N4/c1-11-7-3-4-9-13(11)16-17-14(15)18-10-6-5-8-12(18)2/h3-4,7,9,12,16H,5-6,8,10H2,1-2H3,(H2,15,17). The molecule has 4 heteroatoms. The molecule has 1 aromatic rings. The molecule has 0 aromatic heterocycles. The van der Waals surface area contributed by atoms with Crippen LogP contribution in [0.1, 0.15) is 31.7 Å². The summed E-state index contributed by atoms with van der Waals surface area (Å²) < 4.78 is 0. The van der Waals surface area contributed by atoms with Gasteiger partial charge in [-0.15, -0.1) is 5.10 Å². The molecule has 1 aliphatic rings. The Morgan fingerprint density at radius 1 is 1.39 bits per heavy atom. The summed E-state index contributed by atoms with van der Waals surface area (Å²) in [5, 5.41) is 4.30. The molecule has 4 nitrogen and oxygen atoms in total. The van der Waals surface area contributed by atoms with Crippen molar-refractivity contribution in [3.8, 4) is 0 Å². The van der Waals surface area contributed by atoms with Crippen molar-refractivity contribution in [2.24, 2.45) is 10.8 Å². The largest absolute Gasteiger partial charge is 0.368 e. The third kappa shape index (κ3) is 2.94. The third-order valence-electron chi connectivity index (χ3n) is 3.53. The molecule has 1 saturated heterocycles. The Balaban J connectivity index is 2.02. The number of nitrogens with two attached hydrogens (primary N) is 1. The highest BCUT2D eigenvalue weighted by Crippen LogP contribution is 2.16. The molecule has 0 bridgehead atoms. The van der Waals surface area contributed by atoms with Crippen LogP contribution in [0, 0.1) is 6.92 Å². The van der Waals surface area contributed by atoms with E-state index in [1.165, 1.54) is 24.8 Å². The Bertz CT molecular complexity index is 428. The quantitative estimate of drug-likeness (QED) is 0.479. The van der Waals surface area contributed by atoms with Crippen LogP contribution < -0.4 is 11.2 Å². The molecule has 1 heterocycles. The van der Waals surface area contributed by atoms with Crippen LogP contribution >= 0.6 is 0 Å². The number of rotatable bonds is 2. The number of hydrazone groups is 1. The number of guanidine groups is 1. The minimum atomic E-state index is 0.487. The number of nitrogens with one attached hydrogen (secondary N) is 1. The molecule has 0 aliphatic carbocycles. The predicted molar refractivity (Wildman–Crippen MR) is 76.4 cm³/mol. The van der Waals surface area contributed by atoms with E-state index in [1.54, 1.807) is 0 Å². The van der Waals surface area contributed by atoms with Gasteiger partial charge in [-0.2, -0.15) is 0 Å². The fourth-order valence-corrected chi connectivity index (χ4v) is 2.32. The van der Waals surface area contributed by atoms with E-state index in [0.29, 0.717) is 12.0 Å². The van der Waals surface area contributed by atoms with Crippen LogP contribution in [0.2, 0.25) is 0 Å². The van der Waals surface area contributed by atoms with E-state index < -0.39 is 0 Å². The maximum absolute atomic E-state index is 6.05. The molecule has 1 unspecified atom stereocenters. The smallest absolute Gasteiger partial charge is 0.214 e. The van der Waals surface area contributed by atoms with Gasteiger partial charge < -0.3 is 10.6 Å². The van der Waals surface area contributed by atoms with Gasteiger partial charge in [-0.25, -0.2) is 0 Å². The Morgan fingerprint density at radius 3 is 2.89 bits per heavy atom. The second-order valence-electron chi connectivity index (χ2n) is 4.93. The second-order valence-corrected chi connectivity index (χ2v) is 4.93. The summed E-state index contributed by atoms with van der Waals surface area (Å²) in [5.74, 6) is 0.588. The number of aryl methyl sites for hydroxylation is 1. The lowest BCUT2D eigenvalue weighted by Crippen LogP contribution is -2.46. The minimum absolute atomic E-state index is 0.487. The number of hydrogen-bond acceptors (Lipinski definition) is 2. The molecule has 0 saturated carbocycles. The molecule has 1 aliphatic heterocycles. The van der Waals surface area contributed by atoms with Crippen LogP contribution in [0.4, 0.5) is 5.69 Å². The predicted octanol–water partition coefficient (Wildman–Crippen LogP) is 2.51. The molecule has 98 valence electrons. The van der Waals surface area contributed by atoms with Crippen LogP contribution in [0.15, 0.2) is 29.4 Å². The van der Waals surface area contributed by atoms with E-state index >= 15 is 0 Å². The fourth-order valence-electron chi connectivity index (χ4n) is 2.32. The number of nitrogens with zero attached hydrogens (tertiary/aromatic N) is 2. The number of likely N-dealkylation sites (tertiary alicyclic amines) is 1. The zero-order valence-electron chi connectivity index (χ0n) is 11.2. The van der Waals surface area contributed by atoms with Crippen LogP contribution in [0.25, 0.3) is 0 Å². The highest BCUT2D eigenvalue weighted by molar-refractivity contribution is 5.79. The SMILES string of the molecule is Cc1ccccc1N/N=C(\N)N1CCCCC1C. The van der Waals surface area contributed by atoms with Crippen LogP contribution in [-0.2, 0) is 0 Å². The molecule has 0 spiro atoms. The van der Waals surface area contributed by atoms with Crippen molar-refractivity contribution in [1.29, 1.82) is 0 Å². The van der Waals surface area contributed by atoms with E-state index in [4.69, 9.17) is 5.73 Å². The first-order valence-electron chi connectivity index (χ1n) is 6.60. The number of benzene rings is 1. The molecule has 2 rings (SSSR count). The highest BCUT2D eigenvalue weighted by Gasteiger charge is 2.19. The first kappa shape index (κ1) is 12.7. The van der Waals surface area contributed by atoms with Crippen LogP contribution in [-0.4, -0.2) is 23.4 Å². The molecular formula is C14H22N4. The zero-order chi connectivity index (χ0) is 13.0. The fraction of sp³-hybridized carbons (Fsp3) is 0.500.